The first-order chi connectivity index (χ1) is 15.1. The third-order valence-electron chi connectivity index (χ3n) is 4.94. The molecule has 0 bridgehead atoms. The number of benzene rings is 3. The van der Waals surface area contributed by atoms with E-state index >= 15 is 0 Å². The molecule has 0 atom stereocenters. The Labute approximate surface area is 189 Å². The van der Waals surface area contributed by atoms with Gasteiger partial charge in [-0.1, -0.05) is 0 Å². The average Bonchev–Trinajstić information content (AvgIpc) is 3.21. The van der Waals surface area contributed by atoms with Gasteiger partial charge in [-0.15, -0.1) is 22.9 Å². The van der Waals surface area contributed by atoms with Crippen molar-refractivity contribution >= 4 is 38.8 Å². The van der Waals surface area contributed by atoms with Crippen LogP contribution >= 0.6 is 22.9 Å². The molecule has 4 rings (SSSR count). The number of alkyl halides is 1. The number of hydrogen-bond acceptors (Lipinski definition) is 5. The number of ether oxygens (including phenoxy) is 3. The molecule has 1 heterocycles. The Morgan fingerprint density at radius 1 is 0.871 bits per heavy atom. The lowest BCUT2D eigenvalue weighted by atomic mass is 9.97. The summed E-state index contributed by atoms with van der Waals surface area (Å²) in [7, 11) is 3.27. The molecule has 31 heavy (non-hydrogen) atoms. The van der Waals surface area contributed by atoms with Crippen molar-refractivity contribution in [1.82, 2.24) is 0 Å². The summed E-state index contributed by atoms with van der Waals surface area (Å²) >= 11 is 7.25. The summed E-state index contributed by atoms with van der Waals surface area (Å²) in [4.78, 5) is 14.5. The Morgan fingerprint density at radius 3 is 2.16 bits per heavy atom. The van der Waals surface area contributed by atoms with Gasteiger partial charge in [0.05, 0.1) is 20.1 Å². The first-order valence-corrected chi connectivity index (χ1v) is 11.1. The van der Waals surface area contributed by atoms with Crippen molar-refractivity contribution in [1.29, 1.82) is 0 Å². The first-order valence-electron chi connectivity index (χ1n) is 9.73. The molecule has 6 heteroatoms. The molecular formula is C25H21ClO4S. The number of fused-ring (bicyclic) bond motifs is 1. The fraction of sp³-hybridized carbons (Fsp3) is 0.160. The van der Waals surface area contributed by atoms with Crippen molar-refractivity contribution in [2.24, 2.45) is 0 Å². The normalized spacial score (nSPS) is 10.8. The van der Waals surface area contributed by atoms with E-state index in [1.54, 1.807) is 49.8 Å². The number of rotatable bonds is 8. The minimum atomic E-state index is -0.0360. The van der Waals surface area contributed by atoms with E-state index in [1.807, 2.05) is 42.5 Å². The Balaban J connectivity index is 1.81. The van der Waals surface area contributed by atoms with Gasteiger partial charge in [0, 0.05) is 26.1 Å². The number of halogens is 1. The SMILES string of the molecule is COc1ccc(-c2sc3cc(OC)ccc3c2C(=O)c2ccc(OCCCl)cc2)cc1. The summed E-state index contributed by atoms with van der Waals surface area (Å²) in [5.41, 5.74) is 2.25. The second kappa shape index (κ2) is 9.41. The highest BCUT2D eigenvalue weighted by molar-refractivity contribution is 7.22. The zero-order chi connectivity index (χ0) is 21.8. The molecule has 1 aromatic heterocycles. The van der Waals surface area contributed by atoms with E-state index in [1.165, 1.54) is 0 Å². The van der Waals surface area contributed by atoms with E-state index in [4.69, 9.17) is 25.8 Å². The van der Waals surface area contributed by atoms with Gasteiger partial charge < -0.3 is 14.2 Å². The maximum absolute atomic E-state index is 13.6. The summed E-state index contributed by atoms with van der Waals surface area (Å²) in [6.45, 7) is 0.424. The van der Waals surface area contributed by atoms with E-state index in [0.29, 0.717) is 29.4 Å². The molecule has 0 aliphatic rings. The minimum absolute atomic E-state index is 0.0360. The second-order valence-corrected chi connectivity index (χ2v) is 8.22. The topological polar surface area (TPSA) is 44.8 Å². The van der Waals surface area contributed by atoms with E-state index in [0.717, 1.165) is 32.0 Å². The molecule has 0 amide bonds. The highest BCUT2D eigenvalue weighted by Crippen LogP contribution is 2.41. The van der Waals surface area contributed by atoms with Gasteiger partial charge in [0.1, 0.15) is 23.9 Å². The third-order valence-corrected chi connectivity index (χ3v) is 6.29. The molecule has 3 aromatic carbocycles. The molecule has 0 unspecified atom stereocenters. The molecule has 0 saturated heterocycles. The lowest BCUT2D eigenvalue weighted by Gasteiger charge is -2.08. The van der Waals surface area contributed by atoms with E-state index < -0.39 is 0 Å². The van der Waals surface area contributed by atoms with Crippen molar-refractivity contribution < 1.29 is 19.0 Å². The highest BCUT2D eigenvalue weighted by atomic mass is 35.5. The van der Waals surface area contributed by atoms with Crippen LogP contribution in [0.4, 0.5) is 0 Å². The predicted molar refractivity (Wildman–Crippen MR) is 126 cm³/mol. The van der Waals surface area contributed by atoms with Gasteiger partial charge in [0.2, 0.25) is 0 Å². The summed E-state index contributed by atoms with van der Waals surface area (Å²) in [5, 5.41) is 0.907. The number of methoxy groups -OCH3 is 2. The van der Waals surface area contributed by atoms with Crippen LogP contribution < -0.4 is 14.2 Å². The molecule has 0 fully saturated rings. The Kier molecular flexibility index (Phi) is 6.44. The van der Waals surface area contributed by atoms with E-state index in [-0.39, 0.29) is 5.78 Å². The van der Waals surface area contributed by atoms with E-state index in [2.05, 4.69) is 0 Å². The summed E-state index contributed by atoms with van der Waals surface area (Å²) < 4.78 is 17.2. The molecule has 0 saturated carbocycles. The molecular weight excluding hydrogens is 432 g/mol. The van der Waals surface area contributed by atoms with Gasteiger partial charge in [-0.05, 0) is 72.3 Å². The number of thiophene rings is 1. The predicted octanol–water partition coefficient (Wildman–Crippen LogP) is 6.43. The van der Waals surface area contributed by atoms with Gasteiger partial charge in [-0.2, -0.15) is 0 Å². The van der Waals surface area contributed by atoms with Crippen LogP contribution in [0.25, 0.3) is 20.5 Å². The third kappa shape index (κ3) is 4.38. The highest BCUT2D eigenvalue weighted by Gasteiger charge is 2.22. The summed E-state index contributed by atoms with van der Waals surface area (Å²) in [6.07, 6.45) is 0. The standard InChI is InChI=1S/C25H21ClO4S/c1-28-18-7-5-17(6-8-18)25-23(21-12-11-20(29-2)15-22(21)31-25)24(27)16-3-9-19(10-4-16)30-14-13-26/h3-12,15H,13-14H2,1-2H3. The molecule has 0 N–H and O–H groups in total. The van der Waals surface area contributed by atoms with Crippen LogP contribution in [-0.4, -0.2) is 32.5 Å². The Morgan fingerprint density at radius 2 is 1.52 bits per heavy atom. The van der Waals surface area contributed by atoms with Gasteiger partial charge in [-0.3, -0.25) is 4.79 Å². The molecule has 158 valence electrons. The molecule has 0 spiro atoms. The van der Waals surface area contributed by atoms with Crippen molar-refractivity contribution in [2.45, 2.75) is 0 Å². The van der Waals surface area contributed by atoms with E-state index in [9.17, 15) is 4.79 Å². The largest absolute Gasteiger partial charge is 0.497 e. The van der Waals surface area contributed by atoms with Crippen LogP contribution in [0.1, 0.15) is 15.9 Å². The van der Waals surface area contributed by atoms with Crippen LogP contribution in [-0.2, 0) is 0 Å². The van der Waals surface area contributed by atoms with Crippen molar-refractivity contribution in [3.05, 3.63) is 77.9 Å². The second-order valence-electron chi connectivity index (χ2n) is 6.79. The van der Waals surface area contributed by atoms with Crippen LogP contribution in [0.15, 0.2) is 66.7 Å². The van der Waals surface area contributed by atoms with Crippen LogP contribution in [0.5, 0.6) is 17.2 Å². The first kappa shape index (κ1) is 21.2. The molecule has 0 radical (unpaired) electrons. The maximum atomic E-state index is 13.6. The van der Waals surface area contributed by atoms with Gasteiger partial charge in [0.15, 0.2) is 5.78 Å². The molecule has 0 aliphatic carbocycles. The smallest absolute Gasteiger partial charge is 0.195 e. The van der Waals surface area contributed by atoms with Gasteiger partial charge >= 0.3 is 0 Å². The average molecular weight is 453 g/mol. The quantitative estimate of drug-likeness (QED) is 0.228. The zero-order valence-corrected chi connectivity index (χ0v) is 18.8. The zero-order valence-electron chi connectivity index (χ0n) is 17.2. The maximum Gasteiger partial charge on any atom is 0.195 e. The van der Waals surface area contributed by atoms with Crippen molar-refractivity contribution in [3.63, 3.8) is 0 Å². The number of hydrogen-bond donors (Lipinski definition) is 0. The fourth-order valence-electron chi connectivity index (χ4n) is 3.38. The van der Waals surface area contributed by atoms with Crippen LogP contribution in [0.3, 0.4) is 0 Å². The molecule has 0 aliphatic heterocycles. The summed E-state index contributed by atoms with van der Waals surface area (Å²) in [6, 6.07) is 20.7. The Hall–Kier alpha value is -3.02. The minimum Gasteiger partial charge on any atom is -0.497 e. The summed E-state index contributed by atoms with van der Waals surface area (Å²) in [5.74, 6) is 2.59. The van der Waals surface area contributed by atoms with Crippen LogP contribution in [0, 0.1) is 0 Å². The van der Waals surface area contributed by atoms with Gasteiger partial charge in [0.25, 0.3) is 0 Å². The number of carbonyl (C=O) groups is 1. The monoisotopic (exact) mass is 452 g/mol. The molecule has 4 aromatic rings. The van der Waals surface area contributed by atoms with Crippen LogP contribution in [0.2, 0.25) is 0 Å². The lowest BCUT2D eigenvalue weighted by Crippen LogP contribution is -2.03. The van der Waals surface area contributed by atoms with Gasteiger partial charge in [-0.25, -0.2) is 0 Å². The van der Waals surface area contributed by atoms with Crippen molar-refractivity contribution in [2.75, 3.05) is 26.7 Å². The molecule has 4 nitrogen and oxygen atoms in total. The number of ketones is 1. The number of carbonyl (C=O) groups excluding carboxylic acids is 1. The fourth-order valence-corrected chi connectivity index (χ4v) is 4.69. The van der Waals surface area contributed by atoms with Crippen molar-refractivity contribution in [3.8, 4) is 27.7 Å². The Bertz CT molecular complexity index is 1200. The lowest BCUT2D eigenvalue weighted by molar-refractivity contribution is 0.104.